The van der Waals surface area contributed by atoms with Crippen molar-refractivity contribution < 1.29 is 45.3 Å². The first-order chi connectivity index (χ1) is 17.9. The Bertz CT molecular complexity index is 1340. The third-order valence-corrected chi connectivity index (χ3v) is 5.68. The molecule has 1 heterocycles. The molecule has 0 aliphatic carbocycles. The number of nitrogens with zero attached hydrogens (tertiary/aromatic N) is 1. The van der Waals surface area contributed by atoms with Crippen molar-refractivity contribution in [3.05, 3.63) is 93.5 Å². The molecule has 0 saturated heterocycles. The maximum absolute atomic E-state index is 14.6. The van der Waals surface area contributed by atoms with Gasteiger partial charge in [0.2, 0.25) is 0 Å². The van der Waals surface area contributed by atoms with Crippen LogP contribution in [0.2, 0.25) is 0 Å². The van der Waals surface area contributed by atoms with Crippen molar-refractivity contribution in [1.82, 2.24) is 0 Å². The molecule has 0 fully saturated rings. The molecular formula is C25H19BrF6N2O4. The van der Waals surface area contributed by atoms with Crippen LogP contribution >= 0.6 is 15.9 Å². The molecule has 4 rings (SSSR count). The average Bonchev–Trinajstić information content (AvgIpc) is 3.21. The normalized spacial score (nSPS) is 16.4. The summed E-state index contributed by atoms with van der Waals surface area (Å²) in [5, 5.41) is 0. The summed E-state index contributed by atoms with van der Waals surface area (Å²) in [6, 6.07) is 13.5. The highest BCUT2D eigenvalue weighted by Crippen LogP contribution is 2.40. The van der Waals surface area contributed by atoms with Crippen LogP contribution in [0.3, 0.4) is 0 Å². The molecule has 1 atom stereocenters. The van der Waals surface area contributed by atoms with Crippen molar-refractivity contribution in [1.29, 1.82) is 0 Å². The monoisotopic (exact) mass is 604 g/mol. The predicted octanol–water partition coefficient (Wildman–Crippen LogP) is 6.41. The number of carbonyl (C=O) groups excluding carboxylic acids is 1. The highest BCUT2D eigenvalue weighted by Gasteiger charge is 2.42. The Hall–Kier alpha value is -3.74. The van der Waals surface area contributed by atoms with Crippen LogP contribution in [0.25, 0.3) is 0 Å². The van der Waals surface area contributed by atoms with Crippen LogP contribution in [0.5, 0.6) is 11.5 Å². The van der Waals surface area contributed by atoms with Crippen LogP contribution in [-0.2, 0) is 10.3 Å². The molecule has 2 N–H and O–H groups in total. The number of nitrogens with two attached hydrogens (primary N) is 1. The van der Waals surface area contributed by atoms with E-state index in [2.05, 4.69) is 30.4 Å². The van der Waals surface area contributed by atoms with Crippen molar-refractivity contribution in [2.75, 3.05) is 6.61 Å². The van der Waals surface area contributed by atoms with Gasteiger partial charge in [-0.05, 0) is 48.9 Å². The number of amidine groups is 1. The van der Waals surface area contributed by atoms with Gasteiger partial charge in [0, 0.05) is 22.2 Å². The summed E-state index contributed by atoms with van der Waals surface area (Å²) < 4.78 is 89.8. The molecule has 0 spiro atoms. The lowest BCUT2D eigenvalue weighted by Gasteiger charge is -2.26. The van der Waals surface area contributed by atoms with Crippen LogP contribution in [-0.4, -0.2) is 31.6 Å². The lowest BCUT2D eigenvalue weighted by atomic mass is 9.84. The van der Waals surface area contributed by atoms with Gasteiger partial charge in [-0.1, -0.05) is 28.1 Å². The van der Waals surface area contributed by atoms with Gasteiger partial charge in [0.05, 0.1) is 5.56 Å². The zero-order valence-corrected chi connectivity index (χ0v) is 21.0. The van der Waals surface area contributed by atoms with E-state index in [0.717, 1.165) is 28.7 Å². The standard InChI is InChI=1S/C16H12BrF3N2O2.C9H7F3O2/c17-10-3-1-2-9(6-10)16(8-23-15(21)22-16)12-5-4-11(7-13(12)18)24-14(19)20;1-5(13)7-3-2-6(4-8(7)10)14-9(11)12/h1-7,14H,8H2,(H2,21,22);2-4,9H,1H3. The zero-order valence-electron chi connectivity index (χ0n) is 19.4. The molecule has 1 unspecified atom stereocenters. The molecule has 13 heteroatoms. The second-order valence-corrected chi connectivity index (χ2v) is 8.62. The molecule has 1 aliphatic rings. The fourth-order valence-corrected chi connectivity index (χ4v) is 3.98. The SMILES string of the molecule is CC(=O)c1ccc(OC(F)F)cc1F.NC1=NC(c2cccc(Br)c2)(c2ccc(OC(F)F)cc2F)CO1. The number of carbonyl (C=O) groups is 1. The van der Waals surface area contributed by atoms with Gasteiger partial charge in [-0.15, -0.1) is 0 Å². The van der Waals surface area contributed by atoms with E-state index in [4.69, 9.17) is 10.5 Å². The van der Waals surface area contributed by atoms with Gasteiger partial charge in [0.25, 0.3) is 6.02 Å². The van der Waals surface area contributed by atoms with Gasteiger partial charge in [0.1, 0.15) is 29.7 Å². The summed E-state index contributed by atoms with van der Waals surface area (Å²) in [6.45, 7) is -4.84. The fourth-order valence-electron chi connectivity index (χ4n) is 3.58. The summed E-state index contributed by atoms with van der Waals surface area (Å²) in [7, 11) is 0. The third-order valence-electron chi connectivity index (χ3n) is 5.19. The van der Waals surface area contributed by atoms with Crippen LogP contribution in [0.4, 0.5) is 26.3 Å². The largest absolute Gasteiger partial charge is 0.462 e. The second kappa shape index (κ2) is 12.2. The number of hydrogen-bond acceptors (Lipinski definition) is 6. The van der Waals surface area contributed by atoms with Crippen LogP contribution in [0, 0.1) is 11.6 Å². The minimum Gasteiger partial charge on any atom is -0.462 e. The van der Waals surface area contributed by atoms with Gasteiger partial charge >= 0.3 is 13.2 Å². The molecule has 38 heavy (non-hydrogen) atoms. The quantitative estimate of drug-likeness (QED) is 0.249. The van der Waals surface area contributed by atoms with Crippen LogP contribution in [0.1, 0.15) is 28.4 Å². The molecule has 0 radical (unpaired) electrons. The average molecular weight is 605 g/mol. The Kier molecular flexibility index (Phi) is 9.26. The Morgan fingerprint density at radius 3 is 2.05 bits per heavy atom. The number of Topliss-reactive ketones (excluding diaryl/α,β-unsaturated/α-hetero) is 1. The lowest BCUT2D eigenvalue weighted by molar-refractivity contribution is -0.0507. The van der Waals surface area contributed by atoms with Crippen LogP contribution in [0.15, 0.2) is 70.1 Å². The van der Waals surface area contributed by atoms with Crippen molar-refractivity contribution in [3.63, 3.8) is 0 Å². The number of hydrogen-bond donors (Lipinski definition) is 1. The number of ketones is 1. The maximum atomic E-state index is 14.6. The maximum Gasteiger partial charge on any atom is 0.387 e. The first kappa shape index (κ1) is 28.8. The fraction of sp³-hybridized carbons (Fsp3) is 0.200. The minimum absolute atomic E-state index is 0.00125. The number of halogens is 7. The molecule has 0 bridgehead atoms. The summed E-state index contributed by atoms with van der Waals surface area (Å²) in [5.74, 6) is -2.65. The van der Waals surface area contributed by atoms with Gasteiger partial charge in [0.15, 0.2) is 11.3 Å². The molecular weight excluding hydrogens is 586 g/mol. The van der Waals surface area contributed by atoms with Gasteiger partial charge in [-0.3, -0.25) is 4.79 Å². The van der Waals surface area contributed by atoms with E-state index in [1.165, 1.54) is 19.1 Å². The second-order valence-electron chi connectivity index (χ2n) is 7.71. The van der Waals surface area contributed by atoms with Crippen molar-refractivity contribution in [2.24, 2.45) is 10.7 Å². The summed E-state index contributed by atoms with van der Waals surface area (Å²) >= 11 is 3.36. The molecule has 0 saturated carbocycles. The van der Waals surface area contributed by atoms with E-state index in [1.807, 2.05) is 6.07 Å². The highest BCUT2D eigenvalue weighted by molar-refractivity contribution is 9.10. The number of alkyl halides is 4. The highest BCUT2D eigenvalue weighted by atomic mass is 79.9. The van der Waals surface area contributed by atoms with E-state index in [9.17, 15) is 31.1 Å². The molecule has 3 aromatic carbocycles. The Balaban J connectivity index is 0.000000244. The lowest BCUT2D eigenvalue weighted by Crippen LogP contribution is -2.28. The minimum atomic E-state index is -3.03. The number of ether oxygens (including phenoxy) is 3. The van der Waals surface area contributed by atoms with Gasteiger partial charge in [-0.2, -0.15) is 17.6 Å². The van der Waals surface area contributed by atoms with E-state index < -0.39 is 36.2 Å². The Morgan fingerprint density at radius 2 is 1.58 bits per heavy atom. The molecule has 202 valence electrons. The molecule has 0 amide bonds. The topological polar surface area (TPSA) is 83.1 Å². The van der Waals surface area contributed by atoms with Crippen molar-refractivity contribution in [2.45, 2.75) is 25.7 Å². The number of aliphatic imine (C=N–C) groups is 1. The summed E-state index contributed by atoms with van der Waals surface area (Å²) in [4.78, 5) is 15.0. The van der Waals surface area contributed by atoms with Gasteiger partial charge < -0.3 is 19.9 Å². The zero-order chi connectivity index (χ0) is 28.0. The molecule has 3 aromatic rings. The van der Waals surface area contributed by atoms with Crippen molar-refractivity contribution in [3.8, 4) is 11.5 Å². The third kappa shape index (κ3) is 6.97. The van der Waals surface area contributed by atoms with Crippen molar-refractivity contribution >= 4 is 27.7 Å². The van der Waals surface area contributed by atoms with Crippen LogP contribution < -0.4 is 15.2 Å². The van der Waals surface area contributed by atoms with E-state index in [-0.39, 0.29) is 35.3 Å². The van der Waals surface area contributed by atoms with Gasteiger partial charge in [-0.25, -0.2) is 13.8 Å². The Labute approximate surface area is 221 Å². The number of rotatable bonds is 7. The van der Waals surface area contributed by atoms with E-state index >= 15 is 0 Å². The first-order valence-corrected chi connectivity index (χ1v) is 11.4. The summed E-state index contributed by atoms with van der Waals surface area (Å²) in [5.41, 5.74) is 5.11. The molecule has 0 aromatic heterocycles. The summed E-state index contributed by atoms with van der Waals surface area (Å²) in [6.07, 6.45) is 0. The smallest absolute Gasteiger partial charge is 0.387 e. The predicted molar refractivity (Wildman–Crippen MR) is 129 cm³/mol. The van der Waals surface area contributed by atoms with E-state index in [1.54, 1.807) is 18.2 Å². The molecule has 1 aliphatic heterocycles. The molecule has 6 nitrogen and oxygen atoms in total. The number of benzene rings is 3. The first-order valence-electron chi connectivity index (χ1n) is 10.7. The van der Waals surface area contributed by atoms with E-state index in [0.29, 0.717) is 5.56 Å². The Morgan fingerprint density at radius 1 is 0.974 bits per heavy atom.